The maximum absolute atomic E-state index is 11.3. The lowest BCUT2D eigenvalue weighted by atomic mass is 10.2. The van der Waals surface area contributed by atoms with Crippen LogP contribution in [0, 0.1) is 5.92 Å². The number of aryl methyl sites for hydroxylation is 1. The van der Waals surface area contributed by atoms with Gasteiger partial charge in [0.05, 0.1) is 13.0 Å². The molecular weight excluding hydrogens is 220 g/mol. The molecule has 0 aliphatic rings. The smallest absolute Gasteiger partial charge is 0.306 e. The number of esters is 1. The van der Waals surface area contributed by atoms with Crippen molar-refractivity contribution in [3.05, 3.63) is 22.1 Å². The molecule has 0 unspecified atom stereocenters. The van der Waals surface area contributed by atoms with Gasteiger partial charge in [0.15, 0.2) is 0 Å². The number of aromatic nitrogens is 2. The van der Waals surface area contributed by atoms with Gasteiger partial charge in [-0.3, -0.25) is 19.4 Å². The topological polar surface area (TPSA) is 64.1 Å². The summed E-state index contributed by atoms with van der Waals surface area (Å²) in [4.78, 5) is 22.5. The van der Waals surface area contributed by atoms with Crippen molar-refractivity contribution in [2.45, 2.75) is 40.2 Å². The Bertz CT molecular complexity index is 418. The van der Waals surface area contributed by atoms with Crippen molar-refractivity contribution in [3.63, 3.8) is 0 Å². The average molecular weight is 240 g/mol. The summed E-state index contributed by atoms with van der Waals surface area (Å²) >= 11 is 0. The van der Waals surface area contributed by atoms with Gasteiger partial charge in [0.1, 0.15) is 0 Å². The highest BCUT2D eigenvalue weighted by molar-refractivity contribution is 5.69. The van der Waals surface area contributed by atoms with E-state index in [1.165, 1.54) is 0 Å². The van der Waals surface area contributed by atoms with E-state index in [0.717, 1.165) is 12.2 Å². The number of hydrogen-bond donors (Lipinski definition) is 1. The maximum atomic E-state index is 11.3. The van der Waals surface area contributed by atoms with Crippen LogP contribution in [-0.4, -0.2) is 22.4 Å². The average Bonchev–Trinajstić information content (AvgIpc) is 2.55. The van der Waals surface area contributed by atoms with Gasteiger partial charge in [-0.25, -0.2) is 0 Å². The molecule has 1 N–H and O–H groups in total. The van der Waals surface area contributed by atoms with E-state index in [4.69, 9.17) is 4.74 Å². The first-order valence-corrected chi connectivity index (χ1v) is 5.97. The van der Waals surface area contributed by atoms with Crippen LogP contribution in [0.2, 0.25) is 0 Å². The lowest BCUT2D eigenvalue weighted by molar-refractivity contribution is -0.143. The number of nitrogens with zero attached hydrogens (tertiary/aromatic N) is 1. The number of carbonyl (C=O) groups is 1. The van der Waals surface area contributed by atoms with Gasteiger partial charge in [-0.15, -0.1) is 0 Å². The molecule has 5 heteroatoms. The minimum absolute atomic E-state index is 0.121. The Balaban J connectivity index is 2.63. The normalized spacial score (nSPS) is 10.8. The molecule has 0 spiro atoms. The Morgan fingerprint density at radius 1 is 1.53 bits per heavy atom. The van der Waals surface area contributed by atoms with Crippen LogP contribution < -0.4 is 5.56 Å². The van der Waals surface area contributed by atoms with E-state index in [0.29, 0.717) is 25.4 Å². The fourth-order valence-corrected chi connectivity index (χ4v) is 1.66. The number of ether oxygens (including phenoxy) is 1. The summed E-state index contributed by atoms with van der Waals surface area (Å²) in [6.45, 7) is 7.08. The van der Waals surface area contributed by atoms with Crippen LogP contribution in [0.25, 0.3) is 0 Å². The molecule has 0 aromatic carbocycles. The second-order valence-corrected chi connectivity index (χ2v) is 4.42. The van der Waals surface area contributed by atoms with E-state index in [9.17, 15) is 9.59 Å². The van der Waals surface area contributed by atoms with Gasteiger partial charge in [0, 0.05) is 18.3 Å². The van der Waals surface area contributed by atoms with Crippen molar-refractivity contribution < 1.29 is 9.53 Å². The molecule has 5 nitrogen and oxygen atoms in total. The highest BCUT2D eigenvalue weighted by Crippen LogP contribution is 2.05. The summed E-state index contributed by atoms with van der Waals surface area (Å²) in [5.74, 6) is 0.219. The minimum atomic E-state index is -0.225. The van der Waals surface area contributed by atoms with Crippen molar-refractivity contribution in [1.29, 1.82) is 0 Å². The second kappa shape index (κ2) is 6.27. The number of nitrogens with one attached hydrogen (secondary N) is 1. The van der Waals surface area contributed by atoms with Crippen LogP contribution >= 0.6 is 0 Å². The molecule has 0 amide bonds. The van der Waals surface area contributed by atoms with Crippen molar-refractivity contribution in [2.24, 2.45) is 5.92 Å². The third-order valence-electron chi connectivity index (χ3n) is 2.33. The Labute approximate surface area is 101 Å². The van der Waals surface area contributed by atoms with Gasteiger partial charge < -0.3 is 4.74 Å². The lowest BCUT2D eigenvalue weighted by Crippen LogP contribution is -2.13. The fraction of sp³-hybridized carbons (Fsp3) is 0.667. The fourth-order valence-electron chi connectivity index (χ4n) is 1.66. The second-order valence-electron chi connectivity index (χ2n) is 4.42. The van der Waals surface area contributed by atoms with Gasteiger partial charge in [-0.05, 0) is 19.3 Å². The molecule has 0 atom stereocenters. The Kier molecular flexibility index (Phi) is 5.00. The third kappa shape index (κ3) is 4.46. The Hall–Kier alpha value is -1.52. The lowest BCUT2D eigenvalue weighted by Gasteiger charge is -2.10. The predicted octanol–water partition coefficient (Wildman–Crippen LogP) is 1.33. The van der Waals surface area contributed by atoms with Crippen LogP contribution in [0.5, 0.6) is 0 Å². The summed E-state index contributed by atoms with van der Waals surface area (Å²) in [6.07, 6.45) is 0.841. The van der Waals surface area contributed by atoms with Crippen LogP contribution in [0.4, 0.5) is 0 Å². The minimum Gasteiger partial charge on any atom is -0.466 e. The molecule has 0 radical (unpaired) electrons. The standard InChI is InChI=1S/C12H20N2O3/c1-4-17-12(16)6-5-10-7-11(15)13-14(10)8-9(2)3/h7,9H,4-6,8H2,1-3H3,(H,13,15). The van der Waals surface area contributed by atoms with Gasteiger partial charge in [0.25, 0.3) is 5.56 Å². The van der Waals surface area contributed by atoms with Crippen molar-refractivity contribution in [2.75, 3.05) is 6.61 Å². The largest absolute Gasteiger partial charge is 0.466 e. The van der Waals surface area contributed by atoms with Crippen LogP contribution in [0.1, 0.15) is 32.9 Å². The zero-order valence-electron chi connectivity index (χ0n) is 10.7. The molecule has 0 aliphatic heterocycles. The number of H-pyrrole nitrogens is 1. The van der Waals surface area contributed by atoms with E-state index in [-0.39, 0.29) is 11.5 Å². The number of aromatic amines is 1. The molecule has 1 aromatic rings. The molecule has 0 aliphatic carbocycles. The first-order valence-electron chi connectivity index (χ1n) is 5.97. The molecule has 96 valence electrons. The van der Waals surface area contributed by atoms with Crippen molar-refractivity contribution in [1.82, 2.24) is 9.78 Å². The quantitative estimate of drug-likeness (QED) is 0.763. The van der Waals surface area contributed by atoms with E-state index >= 15 is 0 Å². The van der Waals surface area contributed by atoms with E-state index in [2.05, 4.69) is 18.9 Å². The molecular formula is C12H20N2O3. The highest BCUT2D eigenvalue weighted by Gasteiger charge is 2.09. The summed E-state index contributed by atoms with van der Waals surface area (Å²) in [6, 6.07) is 1.54. The van der Waals surface area contributed by atoms with Gasteiger partial charge in [-0.1, -0.05) is 13.8 Å². The summed E-state index contributed by atoms with van der Waals surface area (Å²) < 4.78 is 6.67. The molecule has 0 bridgehead atoms. The van der Waals surface area contributed by atoms with E-state index in [1.807, 2.05) is 4.68 Å². The number of rotatable bonds is 6. The zero-order chi connectivity index (χ0) is 12.8. The van der Waals surface area contributed by atoms with Gasteiger partial charge in [-0.2, -0.15) is 0 Å². The van der Waals surface area contributed by atoms with E-state index < -0.39 is 0 Å². The van der Waals surface area contributed by atoms with Gasteiger partial charge >= 0.3 is 5.97 Å². The maximum Gasteiger partial charge on any atom is 0.306 e. The number of carbonyl (C=O) groups excluding carboxylic acids is 1. The monoisotopic (exact) mass is 240 g/mol. The molecule has 1 heterocycles. The predicted molar refractivity (Wildman–Crippen MR) is 64.8 cm³/mol. The van der Waals surface area contributed by atoms with Crippen LogP contribution in [0.15, 0.2) is 10.9 Å². The van der Waals surface area contributed by atoms with Crippen LogP contribution in [-0.2, 0) is 22.5 Å². The molecule has 0 saturated carbocycles. The Morgan fingerprint density at radius 2 is 2.24 bits per heavy atom. The van der Waals surface area contributed by atoms with Gasteiger partial charge in [0.2, 0.25) is 0 Å². The summed E-state index contributed by atoms with van der Waals surface area (Å²) in [5, 5.41) is 2.74. The first kappa shape index (κ1) is 13.5. The number of hydrogen-bond acceptors (Lipinski definition) is 3. The van der Waals surface area contributed by atoms with E-state index in [1.54, 1.807) is 13.0 Å². The molecule has 1 rings (SSSR count). The molecule has 17 heavy (non-hydrogen) atoms. The third-order valence-corrected chi connectivity index (χ3v) is 2.33. The molecule has 0 saturated heterocycles. The Morgan fingerprint density at radius 3 is 2.82 bits per heavy atom. The zero-order valence-corrected chi connectivity index (χ0v) is 10.7. The molecule has 1 aromatic heterocycles. The molecule has 0 fully saturated rings. The summed E-state index contributed by atoms with van der Waals surface area (Å²) in [7, 11) is 0. The van der Waals surface area contributed by atoms with Crippen molar-refractivity contribution >= 4 is 5.97 Å². The summed E-state index contributed by atoms with van der Waals surface area (Å²) in [5.41, 5.74) is 0.737. The SMILES string of the molecule is CCOC(=O)CCc1cc(=O)[nH]n1CC(C)C. The van der Waals surface area contributed by atoms with Crippen molar-refractivity contribution in [3.8, 4) is 0 Å². The van der Waals surface area contributed by atoms with Crippen LogP contribution in [0.3, 0.4) is 0 Å². The highest BCUT2D eigenvalue weighted by atomic mass is 16.5. The first-order chi connectivity index (χ1) is 8.02.